The zero-order valence-corrected chi connectivity index (χ0v) is 15.3. The van der Waals surface area contributed by atoms with Crippen molar-refractivity contribution in [3.63, 3.8) is 0 Å². The molecule has 1 amide bonds. The molecule has 4 nitrogen and oxygen atoms in total. The molecule has 0 saturated heterocycles. The Bertz CT molecular complexity index is 607. The largest absolute Gasteiger partial charge is 0.378 e. The van der Waals surface area contributed by atoms with Crippen molar-refractivity contribution >= 4 is 17.3 Å². The summed E-state index contributed by atoms with van der Waals surface area (Å²) in [4.78, 5) is 18.0. The summed E-state index contributed by atoms with van der Waals surface area (Å²) in [5.74, 6) is 0.0865. The predicted molar refractivity (Wildman–Crippen MR) is 101 cm³/mol. The van der Waals surface area contributed by atoms with Crippen LogP contribution in [-0.4, -0.2) is 39.0 Å². The highest BCUT2D eigenvalue weighted by Crippen LogP contribution is 2.17. The van der Waals surface area contributed by atoms with E-state index in [-0.39, 0.29) is 5.91 Å². The summed E-state index contributed by atoms with van der Waals surface area (Å²) in [6.07, 6.45) is 0. The van der Waals surface area contributed by atoms with Crippen molar-refractivity contribution in [1.29, 1.82) is 0 Å². The molecule has 24 heavy (non-hydrogen) atoms. The van der Waals surface area contributed by atoms with E-state index in [1.807, 2.05) is 33.1 Å². The smallest absolute Gasteiger partial charge is 0.220 e. The Labute approximate surface area is 145 Å². The Morgan fingerprint density at radius 2 is 1.04 bits per heavy atom. The maximum atomic E-state index is 12.0. The zero-order valence-electron chi connectivity index (χ0n) is 15.3. The molecule has 0 unspecified atom stereocenters. The van der Waals surface area contributed by atoms with Crippen LogP contribution in [0, 0.1) is 0 Å². The van der Waals surface area contributed by atoms with Crippen molar-refractivity contribution in [2.45, 2.75) is 20.0 Å². The summed E-state index contributed by atoms with van der Waals surface area (Å²) in [5.41, 5.74) is 4.60. The molecular formula is C20H27N3O. The molecule has 0 bridgehead atoms. The third kappa shape index (κ3) is 4.75. The average molecular weight is 325 g/mol. The molecule has 2 rings (SSSR count). The molecule has 0 saturated carbocycles. The van der Waals surface area contributed by atoms with E-state index in [1.54, 1.807) is 6.92 Å². The SMILES string of the molecule is CC(=O)N(Cc1ccc(N(C)C)cc1)Cc1ccc(N(C)C)cc1. The molecule has 0 heterocycles. The van der Waals surface area contributed by atoms with Gasteiger partial charge in [-0.1, -0.05) is 24.3 Å². The minimum Gasteiger partial charge on any atom is -0.378 e. The van der Waals surface area contributed by atoms with Gasteiger partial charge in [-0.25, -0.2) is 0 Å². The van der Waals surface area contributed by atoms with Crippen molar-refractivity contribution in [1.82, 2.24) is 4.90 Å². The second-order valence-electron chi connectivity index (χ2n) is 6.50. The molecule has 2 aromatic carbocycles. The van der Waals surface area contributed by atoms with Gasteiger partial charge in [-0.15, -0.1) is 0 Å². The quantitative estimate of drug-likeness (QED) is 0.815. The average Bonchev–Trinajstić information content (AvgIpc) is 2.55. The van der Waals surface area contributed by atoms with Gasteiger partial charge < -0.3 is 14.7 Å². The van der Waals surface area contributed by atoms with E-state index in [9.17, 15) is 4.79 Å². The number of carbonyl (C=O) groups is 1. The van der Waals surface area contributed by atoms with E-state index >= 15 is 0 Å². The van der Waals surface area contributed by atoms with Crippen molar-refractivity contribution in [2.75, 3.05) is 38.0 Å². The second kappa shape index (κ2) is 7.86. The molecule has 2 aromatic rings. The van der Waals surface area contributed by atoms with Crippen molar-refractivity contribution in [2.24, 2.45) is 0 Å². The third-order valence-corrected chi connectivity index (χ3v) is 4.10. The summed E-state index contributed by atoms with van der Waals surface area (Å²) in [6, 6.07) is 16.7. The highest BCUT2D eigenvalue weighted by atomic mass is 16.2. The molecule has 0 N–H and O–H groups in total. The first-order valence-electron chi connectivity index (χ1n) is 8.15. The topological polar surface area (TPSA) is 26.8 Å². The van der Waals surface area contributed by atoms with Crippen molar-refractivity contribution in [3.05, 3.63) is 59.7 Å². The fourth-order valence-electron chi connectivity index (χ4n) is 2.52. The number of benzene rings is 2. The number of nitrogens with zero attached hydrogens (tertiary/aromatic N) is 3. The van der Waals surface area contributed by atoms with Crippen LogP contribution in [0.2, 0.25) is 0 Å². The normalized spacial score (nSPS) is 10.4. The Morgan fingerprint density at radius 1 is 0.708 bits per heavy atom. The lowest BCUT2D eigenvalue weighted by atomic mass is 10.1. The van der Waals surface area contributed by atoms with Gasteiger partial charge in [0.05, 0.1) is 0 Å². The van der Waals surface area contributed by atoms with E-state index in [0.717, 1.165) is 22.5 Å². The summed E-state index contributed by atoms with van der Waals surface area (Å²) in [6.45, 7) is 2.87. The maximum Gasteiger partial charge on any atom is 0.220 e. The van der Waals surface area contributed by atoms with Gasteiger partial charge >= 0.3 is 0 Å². The summed E-state index contributed by atoms with van der Waals surface area (Å²) in [5, 5.41) is 0. The summed E-state index contributed by atoms with van der Waals surface area (Å²) < 4.78 is 0. The van der Waals surface area contributed by atoms with Crippen molar-refractivity contribution < 1.29 is 4.79 Å². The zero-order chi connectivity index (χ0) is 17.7. The van der Waals surface area contributed by atoms with Gasteiger partial charge in [0.15, 0.2) is 0 Å². The molecule has 0 radical (unpaired) electrons. The molecule has 0 spiro atoms. The van der Waals surface area contributed by atoms with E-state index in [2.05, 4.69) is 58.3 Å². The number of hydrogen-bond donors (Lipinski definition) is 0. The Balaban J connectivity index is 2.07. The van der Waals surface area contributed by atoms with Gasteiger partial charge in [-0.2, -0.15) is 0 Å². The third-order valence-electron chi connectivity index (χ3n) is 4.10. The fraction of sp³-hybridized carbons (Fsp3) is 0.350. The Hall–Kier alpha value is -2.49. The van der Waals surface area contributed by atoms with Crippen LogP contribution in [0.1, 0.15) is 18.1 Å². The van der Waals surface area contributed by atoms with Gasteiger partial charge in [-0.3, -0.25) is 4.79 Å². The standard InChI is InChI=1S/C20H27N3O/c1-16(24)23(14-17-6-10-19(11-7-17)21(2)3)15-18-8-12-20(13-9-18)22(4)5/h6-13H,14-15H2,1-5H3. The molecule has 128 valence electrons. The van der Waals surface area contributed by atoms with Gasteiger partial charge in [0.25, 0.3) is 0 Å². The van der Waals surface area contributed by atoms with Crippen LogP contribution in [0.25, 0.3) is 0 Å². The maximum absolute atomic E-state index is 12.0. The van der Waals surface area contributed by atoms with Gasteiger partial charge in [0, 0.05) is 59.6 Å². The van der Waals surface area contributed by atoms with Crippen LogP contribution >= 0.6 is 0 Å². The molecule has 0 aliphatic heterocycles. The van der Waals surface area contributed by atoms with Crippen LogP contribution in [0.4, 0.5) is 11.4 Å². The molecule has 0 fully saturated rings. The number of hydrogen-bond acceptors (Lipinski definition) is 3. The number of amides is 1. The van der Waals surface area contributed by atoms with Gasteiger partial charge in [-0.05, 0) is 35.4 Å². The molecular weight excluding hydrogens is 298 g/mol. The molecule has 0 aliphatic carbocycles. The van der Waals surface area contributed by atoms with E-state index in [0.29, 0.717) is 13.1 Å². The fourth-order valence-corrected chi connectivity index (χ4v) is 2.52. The molecule has 0 atom stereocenters. The van der Waals surface area contributed by atoms with Crippen LogP contribution in [0.15, 0.2) is 48.5 Å². The monoisotopic (exact) mass is 325 g/mol. The Kier molecular flexibility index (Phi) is 5.85. The minimum atomic E-state index is 0.0865. The lowest BCUT2D eigenvalue weighted by molar-refractivity contribution is -0.130. The minimum absolute atomic E-state index is 0.0865. The number of carbonyl (C=O) groups excluding carboxylic acids is 1. The summed E-state index contributed by atoms with van der Waals surface area (Å²) >= 11 is 0. The van der Waals surface area contributed by atoms with E-state index in [1.165, 1.54) is 0 Å². The van der Waals surface area contributed by atoms with E-state index < -0.39 is 0 Å². The first kappa shape index (κ1) is 17.9. The molecule has 0 aliphatic rings. The number of anilines is 2. The predicted octanol–water partition coefficient (Wildman–Crippen LogP) is 3.37. The van der Waals surface area contributed by atoms with Crippen molar-refractivity contribution in [3.8, 4) is 0 Å². The highest BCUT2D eigenvalue weighted by molar-refractivity contribution is 5.73. The Morgan fingerprint density at radius 3 is 1.29 bits per heavy atom. The van der Waals surface area contributed by atoms with Gasteiger partial charge in [0.1, 0.15) is 0 Å². The van der Waals surface area contributed by atoms with Crippen LogP contribution in [0.3, 0.4) is 0 Å². The first-order valence-corrected chi connectivity index (χ1v) is 8.15. The second-order valence-corrected chi connectivity index (χ2v) is 6.50. The van der Waals surface area contributed by atoms with Gasteiger partial charge in [0.2, 0.25) is 5.91 Å². The van der Waals surface area contributed by atoms with Crippen LogP contribution in [-0.2, 0) is 17.9 Å². The lowest BCUT2D eigenvalue weighted by Gasteiger charge is -2.22. The summed E-state index contributed by atoms with van der Waals surface area (Å²) in [7, 11) is 8.09. The number of rotatable bonds is 6. The molecule has 4 heteroatoms. The van der Waals surface area contributed by atoms with E-state index in [4.69, 9.17) is 0 Å². The lowest BCUT2D eigenvalue weighted by Crippen LogP contribution is -2.27. The molecule has 0 aromatic heterocycles. The van der Waals surface area contributed by atoms with Crippen LogP contribution < -0.4 is 9.80 Å². The van der Waals surface area contributed by atoms with Crippen LogP contribution in [0.5, 0.6) is 0 Å². The first-order chi connectivity index (χ1) is 11.4. The highest BCUT2D eigenvalue weighted by Gasteiger charge is 2.11.